The SMILES string of the molecule is CCCNCc1cccc(C)c1OCC(O)COC. The van der Waals surface area contributed by atoms with Crippen LogP contribution in [0.1, 0.15) is 24.5 Å². The standard InChI is InChI=1S/C15H25NO3/c1-4-8-16-9-13-7-5-6-12(2)15(13)19-11-14(17)10-18-3/h5-7,14,16-17H,4,8-11H2,1-3H3. The van der Waals surface area contributed by atoms with Gasteiger partial charge in [0.25, 0.3) is 0 Å². The summed E-state index contributed by atoms with van der Waals surface area (Å²) in [6, 6.07) is 6.09. The van der Waals surface area contributed by atoms with E-state index in [1.165, 1.54) is 0 Å². The monoisotopic (exact) mass is 267 g/mol. The molecule has 0 aliphatic rings. The minimum Gasteiger partial charge on any atom is -0.490 e. The van der Waals surface area contributed by atoms with Crippen molar-refractivity contribution in [2.45, 2.75) is 32.9 Å². The van der Waals surface area contributed by atoms with Crippen molar-refractivity contribution in [3.8, 4) is 5.75 Å². The number of ether oxygens (including phenoxy) is 2. The maximum atomic E-state index is 9.64. The zero-order chi connectivity index (χ0) is 14.1. The Morgan fingerprint density at radius 2 is 2.11 bits per heavy atom. The predicted molar refractivity (Wildman–Crippen MR) is 76.6 cm³/mol. The van der Waals surface area contributed by atoms with Crippen LogP contribution >= 0.6 is 0 Å². The molecule has 1 unspecified atom stereocenters. The molecular formula is C15H25NO3. The number of hydrogen-bond acceptors (Lipinski definition) is 4. The van der Waals surface area contributed by atoms with Gasteiger partial charge in [-0.25, -0.2) is 0 Å². The van der Waals surface area contributed by atoms with Gasteiger partial charge >= 0.3 is 0 Å². The molecule has 1 aromatic carbocycles. The van der Waals surface area contributed by atoms with Gasteiger partial charge in [0.1, 0.15) is 18.5 Å². The Labute approximate surface area is 115 Å². The lowest BCUT2D eigenvalue weighted by Gasteiger charge is -2.17. The largest absolute Gasteiger partial charge is 0.490 e. The molecule has 0 saturated carbocycles. The van der Waals surface area contributed by atoms with Gasteiger partial charge in [-0.2, -0.15) is 0 Å². The van der Waals surface area contributed by atoms with Crippen molar-refractivity contribution in [3.63, 3.8) is 0 Å². The minimum absolute atomic E-state index is 0.249. The molecule has 0 bridgehead atoms. The molecule has 0 spiro atoms. The molecule has 108 valence electrons. The Balaban J connectivity index is 2.63. The summed E-state index contributed by atoms with van der Waals surface area (Å²) in [5.74, 6) is 0.862. The summed E-state index contributed by atoms with van der Waals surface area (Å²) in [5.41, 5.74) is 2.21. The van der Waals surface area contributed by atoms with Crippen molar-refractivity contribution < 1.29 is 14.6 Å². The van der Waals surface area contributed by atoms with Crippen LogP contribution in [0.4, 0.5) is 0 Å². The van der Waals surface area contributed by atoms with Crippen LogP contribution in [-0.4, -0.2) is 38.1 Å². The zero-order valence-corrected chi connectivity index (χ0v) is 12.1. The average molecular weight is 267 g/mol. The predicted octanol–water partition coefficient (Wildman–Crippen LogP) is 1.88. The highest BCUT2D eigenvalue weighted by Crippen LogP contribution is 2.23. The number of benzene rings is 1. The fourth-order valence-electron chi connectivity index (χ4n) is 1.88. The fraction of sp³-hybridized carbons (Fsp3) is 0.600. The molecule has 19 heavy (non-hydrogen) atoms. The number of aliphatic hydroxyl groups excluding tert-OH is 1. The normalized spacial score (nSPS) is 12.4. The molecule has 2 N–H and O–H groups in total. The summed E-state index contributed by atoms with van der Waals surface area (Å²) >= 11 is 0. The molecule has 0 saturated heterocycles. The Morgan fingerprint density at radius 3 is 2.79 bits per heavy atom. The van der Waals surface area contributed by atoms with Gasteiger partial charge in [-0.05, 0) is 25.5 Å². The van der Waals surface area contributed by atoms with Crippen LogP contribution in [0, 0.1) is 6.92 Å². The fourth-order valence-corrected chi connectivity index (χ4v) is 1.88. The third kappa shape index (κ3) is 5.59. The van der Waals surface area contributed by atoms with E-state index >= 15 is 0 Å². The molecule has 0 amide bonds. The Kier molecular flexibility index (Phi) is 7.48. The molecule has 0 fully saturated rings. The number of aliphatic hydroxyl groups is 1. The quantitative estimate of drug-likeness (QED) is 0.671. The van der Waals surface area contributed by atoms with Crippen molar-refractivity contribution >= 4 is 0 Å². The van der Waals surface area contributed by atoms with Gasteiger partial charge in [0.05, 0.1) is 6.61 Å². The maximum absolute atomic E-state index is 9.64. The number of nitrogens with one attached hydrogen (secondary N) is 1. The molecule has 0 aliphatic carbocycles. The third-order valence-electron chi connectivity index (χ3n) is 2.81. The van der Waals surface area contributed by atoms with Crippen LogP contribution in [-0.2, 0) is 11.3 Å². The second-order valence-electron chi connectivity index (χ2n) is 4.66. The van der Waals surface area contributed by atoms with E-state index in [-0.39, 0.29) is 13.2 Å². The lowest BCUT2D eigenvalue weighted by molar-refractivity contribution is 0.0321. The highest BCUT2D eigenvalue weighted by atomic mass is 16.5. The van der Waals surface area contributed by atoms with Gasteiger partial charge in [0.2, 0.25) is 0 Å². The van der Waals surface area contributed by atoms with Crippen molar-refractivity contribution in [1.29, 1.82) is 0 Å². The summed E-state index contributed by atoms with van der Waals surface area (Å²) in [5, 5.41) is 13.0. The summed E-state index contributed by atoms with van der Waals surface area (Å²) in [6.07, 6.45) is 0.509. The molecule has 0 radical (unpaired) electrons. The molecule has 0 heterocycles. The summed E-state index contributed by atoms with van der Waals surface area (Å²) in [6.45, 7) is 6.46. The number of methoxy groups -OCH3 is 1. The van der Waals surface area contributed by atoms with Crippen LogP contribution in [0.2, 0.25) is 0 Å². The second-order valence-corrected chi connectivity index (χ2v) is 4.66. The van der Waals surface area contributed by atoms with Crippen LogP contribution in [0.15, 0.2) is 18.2 Å². The average Bonchev–Trinajstić information content (AvgIpc) is 2.38. The number of aryl methyl sites for hydroxylation is 1. The van der Waals surface area contributed by atoms with Gasteiger partial charge in [-0.15, -0.1) is 0 Å². The van der Waals surface area contributed by atoms with E-state index in [1.807, 2.05) is 25.1 Å². The molecule has 4 heteroatoms. The van der Waals surface area contributed by atoms with Crippen molar-refractivity contribution in [3.05, 3.63) is 29.3 Å². The maximum Gasteiger partial charge on any atom is 0.126 e. The van der Waals surface area contributed by atoms with Gasteiger partial charge in [-0.3, -0.25) is 0 Å². The van der Waals surface area contributed by atoms with Crippen LogP contribution in [0.25, 0.3) is 0 Å². The molecule has 1 aromatic rings. The second kappa shape index (κ2) is 8.91. The lowest BCUT2D eigenvalue weighted by Crippen LogP contribution is -2.23. The van der Waals surface area contributed by atoms with E-state index in [0.29, 0.717) is 0 Å². The first kappa shape index (κ1) is 16.0. The first-order chi connectivity index (χ1) is 9.19. The summed E-state index contributed by atoms with van der Waals surface area (Å²) in [4.78, 5) is 0. The molecular weight excluding hydrogens is 242 g/mol. The molecule has 1 atom stereocenters. The number of para-hydroxylation sites is 1. The van der Waals surface area contributed by atoms with Crippen molar-refractivity contribution in [1.82, 2.24) is 5.32 Å². The Bertz CT molecular complexity index is 368. The van der Waals surface area contributed by atoms with Gasteiger partial charge < -0.3 is 19.9 Å². The van der Waals surface area contributed by atoms with Crippen LogP contribution < -0.4 is 10.1 Å². The number of rotatable bonds is 9. The van der Waals surface area contributed by atoms with E-state index in [1.54, 1.807) is 7.11 Å². The van der Waals surface area contributed by atoms with Crippen molar-refractivity contribution in [2.24, 2.45) is 0 Å². The first-order valence-electron chi connectivity index (χ1n) is 6.78. The first-order valence-corrected chi connectivity index (χ1v) is 6.78. The minimum atomic E-state index is -0.596. The van der Waals surface area contributed by atoms with Crippen molar-refractivity contribution in [2.75, 3.05) is 26.9 Å². The van der Waals surface area contributed by atoms with Gasteiger partial charge in [0, 0.05) is 19.2 Å². The summed E-state index contributed by atoms with van der Waals surface area (Å²) < 4.78 is 10.6. The molecule has 1 rings (SSSR count). The van der Waals surface area contributed by atoms with E-state index in [2.05, 4.69) is 12.2 Å². The van der Waals surface area contributed by atoms with Gasteiger partial charge in [-0.1, -0.05) is 25.1 Å². The summed E-state index contributed by atoms with van der Waals surface area (Å²) in [7, 11) is 1.57. The smallest absolute Gasteiger partial charge is 0.126 e. The van der Waals surface area contributed by atoms with Crippen LogP contribution in [0.5, 0.6) is 5.75 Å². The lowest BCUT2D eigenvalue weighted by atomic mass is 10.1. The zero-order valence-electron chi connectivity index (χ0n) is 12.1. The Morgan fingerprint density at radius 1 is 1.32 bits per heavy atom. The number of hydrogen-bond donors (Lipinski definition) is 2. The van der Waals surface area contributed by atoms with E-state index in [9.17, 15) is 5.11 Å². The molecule has 0 aliphatic heterocycles. The topological polar surface area (TPSA) is 50.7 Å². The molecule has 4 nitrogen and oxygen atoms in total. The van der Waals surface area contributed by atoms with E-state index < -0.39 is 6.10 Å². The van der Waals surface area contributed by atoms with Gasteiger partial charge in [0.15, 0.2) is 0 Å². The van der Waals surface area contributed by atoms with Crippen LogP contribution in [0.3, 0.4) is 0 Å². The van der Waals surface area contributed by atoms with E-state index in [4.69, 9.17) is 9.47 Å². The highest BCUT2D eigenvalue weighted by molar-refractivity contribution is 5.40. The Hall–Kier alpha value is -1.10. The third-order valence-corrected chi connectivity index (χ3v) is 2.81. The van der Waals surface area contributed by atoms with E-state index in [0.717, 1.165) is 36.4 Å². The highest BCUT2D eigenvalue weighted by Gasteiger charge is 2.10. The molecule has 0 aromatic heterocycles.